The first-order valence-electron chi connectivity index (χ1n) is 5.06. The van der Waals surface area contributed by atoms with Gasteiger partial charge in [-0.1, -0.05) is 29.3 Å². The fraction of sp³-hybridized carbons (Fsp3) is 0.417. The number of alkyl halides is 3. The van der Waals surface area contributed by atoms with Crippen LogP contribution in [0.15, 0.2) is 18.2 Å². The predicted octanol–water partition coefficient (Wildman–Crippen LogP) is 3.30. The van der Waals surface area contributed by atoms with E-state index in [-0.39, 0.29) is 6.61 Å². The molecule has 0 fully saturated rings. The normalized spacial score (nSPS) is 11.4. The highest BCUT2D eigenvalue weighted by Crippen LogP contribution is 2.20. The zero-order valence-electron chi connectivity index (χ0n) is 9.60. The molecule has 0 aliphatic carbocycles. The fourth-order valence-electron chi connectivity index (χ4n) is 1.53. The van der Waals surface area contributed by atoms with Crippen molar-refractivity contribution in [2.24, 2.45) is 0 Å². The molecule has 17 heavy (non-hydrogen) atoms. The topological polar surface area (TPSA) is 26.3 Å². The zero-order chi connectivity index (χ0) is 13.1. The molecule has 1 aromatic rings. The van der Waals surface area contributed by atoms with E-state index in [9.17, 15) is 18.0 Å². The quantitative estimate of drug-likeness (QED) is 0.765. The molecular formula is C12H13F3O2. The van der Waals surface area contributed by atoms with E-state index in [1.165, 1.54) is 0 Å². The Morgan fingerprint density at radius 2 is 1.71 bits per heavy atom. The molecule has 2 nitrogen and oxygen atoms in total. The summed E-state index contributed by atoms with van der Waals surface area (Å²) in [5, 5.41) is 0. The second-order valence-electron chi connectivity index (χ2n) is 3.95. The maximum atomic E-state index is 11.9. The summed E-state index contributed by atoms with van der Waals surface area (Å²) in [6.45, 7) is 3.61. The van der Waals surface area contributed by atoms with E-state index in [1.54, 1.807) is 12.1 Å². The van der Waals surface area contributed by atoms with Gasteiger partial charge in [0.15, 0.2) is 0 Å². The lowest BCUT2D eigenvalue weighted by Crippen LogP contribution is -2.17. The molecule has 0 unspecified atom stereocenters. The van der Waals surface area contributed by atoms with Crippen molar-refractivity contribution in [1.29, 1.82) is 0 Å². The summed E-state index contributed by atoms with van der Waals surface area (Å²) in [6.07, 6.45) is -6.06. The Balaban J connectivity index is 2.53. The number of ether oxygens (including phenoxy) is 1. The monoisotopic (exact) mass is 246 g/mol. The van der Waals surface area contributed by atoms with Crippen LogP contribution < -0.4 is 0 Å². The lowest BCUT2D eigenvalue weighted by Gasteiger charge is -2.08. The minimum atomic E-state index is -4.51. The van der Waals surface area contributed by atoms with Crippen LogP contribution in [0.2, 0.25) is 0 Å². The lowest BCUT2D eigenvalue weighted by molar-refractivity contribution is -0.172. The second kappa shape index (κ2) is 5.21. The number of benzene rings is 1. The highest BCUT2D eigenvalue weighted by molar-refractivity contribution is 5.70. The molecule has 0 heterocycles. The summed E-state index contributed by atoms with van der Waals surface area (Å²) >= 11 is 0. The van der Waals surface area contributed by atoms with Crippen molar-refractivity contribution in [3.63, 3.8) is 0 Å². The summed E-state index contributed by atoms with van der Waals surface area (Å²) < 4.78 is 40.1. The van der Waals surface area contributed by atoms with Crippen molar-refractivity contribution in [3.8, 4) is 0 Å². The van der Waals surface area contributed by atoms with Gasteiger partial charge in [0.05, 0.1) is 0 Å². The van der Waals surface area contributed by atoms with Gasteiger partial charge in [-0.3, -0.25) is 4.79 Å². The fourth-order valence-corrected chi connectivity index (χ4v) is 1.53. The van der Waals surface area contributed by atoms with Crippen molar-refractivity contribution in [3.05, 3.63) is 34.9 Å². The predicted molar refractivity (Wildman–Crippen MR) is 56.4 cm³/mol. The maximum absolute atomic E-state index is 11.9. The van der Waals surface area contributed by atoms with E-state index >= 15 is 0 Å². The maximum Gasteiger partial charge on any atom is 0.399 e. The first-order valence-corrected chi connectivity index (χ1v) is 5.06. The molecular weight excluding hydrogens is 233 g/mol. The molecule has 0 saturated carbocycles. The van der Waals surface area contributed by atoms with Crippen molar-refractivity contribution in [2.75, 3.05) is 0 Å². The molecule has 0 N–H and O–H groups in total. The Bertz CT molecular complexity index is 390. The summed E-state index contributed by atoms with van der Waals surface area (Å²) in [5.41, 5.74) is 2.65. The van der Waals surface area contributed by atoms with Gasteiger partial charge in [0.1, 0.15) is 13.0 Å². The van der Waals surface area contributed by atoms with Gasteiger partial charge >= 0.3 is 12.1 Å². The average molecular weight is 246 g/mol. The Hall–Kier alpha value is -1.52. The van der Waals surface area contributed by atoms with E-state index in [2.05, 4.69) is 4.74 Å². The second-order valence-corrected chi connectivity index (χ2v) is 3.95. The van der Waals surface area contributed by atoms with E-state index in [4.69, 9.17) is 0 Å². The van der Waals surface area contributed by atoms with Gasteiger partial charge < -0.3 is 4.74 Å². The molecule has 0 atom stereocenters. The molecule has 1 rings (SSSR count). The van der Waals surface area contributed by atoms with Crippen LogP contribution in [0.4, 0.5) is 13.2 Å². The molecule has 94 valence electrons. The molecule has 0 aliphatic rings. The minimum Gasteiger partial charge on any atom is -0.461 e. The van der Waals surface area contributed by atoms with E-state index < -0.39 is 18.6 Å². The van der Waals surface area contributed by atoms with Gasteiger partial charge in [-0.05, 0) is 19.4 Å². The Kier molecular flexibility index (Phi) is 4.15. The zero-order valence-corrected chi connectivity index (χ0v) is 9.60. The van der Waals surface area contributed by atoms with Crippen LogP contribution in [-0.2, 0) is 16.1 Å². The lowest BCUT2D eigenvalue weighted by atomic mass is 10.1. The third kappa shape index (κ3) is 5.38. The molecule has 0 radical (unpaired) electrons. The first-order chi connectivity index (χ1) is 7.76. The van der Waals surface area contributed by atoms with Crippen LogP contribution in [-0.4, -0.2) is 12.1 Å². The number of halogens is 3. The van der Waals surface area contributed by atoms with Gasteiger partial charge in [0.25, 0.3) is 0 Å². The third-order valence-electron chi connectivity index (χ3n) is 2.03. The Morgan fingerprint density at radius 3 is 2.18 bits per heavy atom. The standard InChI is InChI=1S/C12H13F3O2/c1-8-3-9(2)5-10(4-8)7-17-11(16)6-12(13,14)15/h3-5H,6-7H2,1-2H3. The molecule has 0 bridgehead atoms. The minimum absolute atomic E-state index is 0.128. The van der Waals surface area contributed by atoms with Gasteiger partial charge in [0.2, 0.25) is 0 Å². The number of carbonyl (C=O) groups is 1. The Morgan fingerprint density at radius 1 is 1.18 bits per heavy atom. The molecule has 1 aromatic carbocycles. The van der Waals surface area contributed by atoms with Crippen LogP contribution in [0, 0.1) is 13.8 Å². The van der Waals surface area contributed by atoms with Crippen LogP contribution in [0.1, 0.15) is 23.1 Å². The summed E-state index contributed by atoms with van der Waals surface area (Å²) in [7, 11) is 0. The molecule has 5 heteroatoms. The smallest absolute Gasteiger partial charge is 0.399 e. The molecule has 0 saturated heterocycles. The number of hydrogen-bond donors (Lipinski definition) is 0. The first kappa shape index (κ1) is 13.5. The number of esters is 1. The van der Waals surface area contributed by atoms with Crippen LogP contribution in [0.3, 0.4) is 0 Å². The van der Waals surface area contributed by atoms with Crippen molar-refractivity contribution >= 4 is 5.97 Å². The highest BCUT2D eigenvalue weighted by Gasteiger charge is 2.32. The number of hydrogen-bond acceptors (Lipinski definition) is 2. The van der Waals surface area contributed by atoms with E-state index in [0.717, 1.165) is 11.1 Å². The van der Waals surface area contributed by atoms with Gasteiger partial charge in [-0.2, -0.15) is 13.2 Å². The molecule has 0 aliphatic heterocycles. The SMILES string of the molecule is Cc1cc(C)cc(COC(=O)CC(F)(F)F)c1. The van der Waals surface area contributed by atoms with Crippen LogP contribution in [0.5, 0.6) is 0 Å². The van der Waals surface area contributed by atoms with Crippen molar-refractivity contribution in [2.45, 2.75) is 33.1 Å². The summed E-state index contributed by atoms with van der Waals surface area (Å²) in [5.74, 6) is -1.25. The van der Waals surface area contributed by atoms with Gasteiger partial charge in [-0.25, -0.2) is 0 Å². The van der Waals surface area contributed by atoms with Gasteiger partial charge in [-0.15, -0.1) is 0 Å². The molecule has 0 amide bonds. The van der Waals surface area contributed by atoms with Crippen LogP contribution >= 0.6 is 0 Å². The summed E-state index contributed by atoms with van der Waals surface area (Å²) in [4.78, 5) is 10.9. The van der Waals surface area contributed by atoms with Crippen molar-refractivity contribution in [1.82, 2.24) is 0 Å². The van der Waals surface area contributed by atoms with E-state index in [0.29, 0.717) is 5.56 Å². The van der Waals surface area contributed by atoms with Crippen LogP contribution in [0.25, 0.3) is 0 Å². The number of rotatable bonds is 3. The van der Waals surface area contributed by atoms with Crippen molar-refractivity contribution < 1.29 is 22.7 Å². The molecule has 0 aromatic heterocycles. The number of aryl methyl sites for hydroxylation is 2. The summed E-state index contributed by atoms with van der Waals surface area (Å²) in [6, 6.07) is 5.47. The molecule has 0 spiro atoms. The Labute approximate surface area is 97.4 Å². The van der Waals surface area contributed by atoms with Gasteiger partial charge in [0, 0.05) is 0 Å². The third-order valence-corrected chi connectivity index (χ3v) is 2.03. The number of carbonyl (C=O) groups excluding carboxylic acids is 1. The average Bonchev–Trinajstić information content (AvgIpc) is 2.10. The largest absolute Gasteiger partial charge is 0.461 e. The highest BCUT2D eigenvalue weighted by atomic mass is 19.4. The van der Waals surface area contributed by atoms with E-state index in [1.807, 2.05) is 19.9 Å².